The zero-order valence-electron chi connectivity index (χ0n) is 15.9. The van der Waals surface area contributed by atoms with Crippen LogP contribution >= 0.6 is 0 Å². The number of amides is 2. The van der Waals surface area contributed by atoms with Gasteiger partial charge in [-0.3, -0.25) is 19.4 Å². The van der Waals surface area contributed by atoms with E-state index in [2.05, 4.69) is 5.10 Å². The van der Waals surface area contributed by atoms with Crippen LogP contribution in [0.1, 0.15) is 26.3 Å². The van der Waals surface area contributed by atoms with E-state index < -0.39 is 23.3 Å². The second-order valence-electron chi connectivity index (χ2n) is 8.48. The van der Waals surface area contributed by atoms with Crippen molar-refractivity contribution in [1.29, 1.82) is 0 Å². The van der Waals surface area contributed by atoms with Gasteiger partial charge in [0.05, 0.1) is 23.6 Å². The van der Waals surface area contributed by atoms with Gasteiger partial charge < -0.3 is 0 Å². The first kappa shape index (κ1) is 17.6. The number of hydrogen-bond donors (Lipinski definition) is 0. The summed E-state index contributed by atoms with van der Waals surface area (Å²) in [7, 11) is 0. The quantitative estimate of drug-likeness (QED) is 0.754. The molecule has 0 spiro atoms. The Kier molecular flexibility index (Phi) is 3.84. The van der Waals surface area contributed by atoms with Crippen LogP contribution in [0.2, 0.25) is 0 Å². The van der Waals surface area contributed by atoms with E-state index in [4.69, 9.17) is 0 Å². The molecule has 0 unspecified atom stereocenters. The Morgan fingerprint density at radius 1 is 1.04 bits per heavy atom. The van der Waals surface area contributed by atoms with E-state index in [0.717, 1.165) is 5.56 Å². The molecule has 3 aliphatic heterocycles. The van der Waals surface area contributed by atoms with Crippen molar-refractivity contribution in [2.45, 2.75) is 39.8 Å². The summed E-state index contributed by atoms with van der Waals surface area (Å²) in [4.78, 5) is 41.0. The molecule has 1 aromatic carbocycles. The summed E-state index contributed by atoms with van der Waals surface area (Å²) in [6.45, 7) is 7.45. The fourth-order valence-electron chi connectivity index (χ4n) is 4.23. The maximum absolute atomic E-state index is 13.3. The second kappa shape index (κ2) is 5.87. The minimum atomic E-state index is -0.729. The maximum atomic E-state index is 13.3. The molecule has 3 heterocycles. The van der Waals surface area contributed by atoms with Crippen molar-refractivity contribution < 1.29 is 14.4 Å². The van der Waals surface area contributed by atoms with Crippen molar-refractivity contribution in [2.24, 2.45) is 22.4 Å². The van der Waals surface area contributed by atoms with Gasteiger partial charge in [0, 0.05) is 11.6 Å². The van der Waals surface area contributed by atoms with Crippen LogP contribution in [0.15, 0.2) is 41.5 Å². The molecule has 4 rings (SSSR count). The third-order valence-electron chi connectivity index (χ3n) is 5.59. The monoisotopic (exact) mass is 365 g/mol. The lowest BCUT2D eigenvalue weighted by Gasteiger charge is -2.33. The number of allylic oxidation sites excluding steroid dienone is 1. The van der Waals surface area contributed by atoms with Crippen LogP contribution in [0.3, 0.4) is 0 Å². The summed E-state index contributed by atoms with van der Waals surface area (Å²) < 4.78 is 0. The van der Waals surface area contributed by atoms with E-state index in [1.54, 1.807) is 29.4 Å². The number of fused-ring (bicyclic) bond motifs is 3. The standard InChI is InChI=1S/C21H23N3O3/c1-12-7-9-13(10-8-12)23-19(26)15-14-6-5-11-22-24(14)17(16(15)20(23)27)18(25)21(2,3)4/h5-11,14-17H,1-4H3/t14-,15-,16-,17+/m0/s1. The van der Waals surface area contributed by atoms with Gasteiger partial charge in [0.25, 0.3) is 0 Å². The molecule has 2 saturated heterocycles. The predicted molar refractivity (Wildman–Crippen MR) is 102 cm³/mol. The number of Topliss-reactive ketones (excluding diaryl/α,β-unsaturated/α-hetero) is 1. The highest BCUT2D eigenvalue weighted by atomic mass is 16.2. The smallest absolute Gasteiger partial charge is 0.240 e. The van der Waals surface area contributed by atoms with E-state index >= 15 is 0 Å². The van der Waals surface area contributed by atoms with Gasteiger partial charge in [0.15, 0.2) is 5.78 Å². The average molecular weight is 365 g/mol. The average Bonchev–Trinajstić information content (AvgIpc) is 3.08. The number of aryl methyl sites for hydroxylation is 1. The van der Waals surface area contributed by atoms with Crippen LogP contribution in [0, 0.1) is 24.2 Å². The molecule has 6 heteroatoms. The Morgan fingerprint density at radius 2 is 1.67 bits per heavy atom. The van der Waals surface area contributed by atoms with Crippen LogP contribution in [-0.4, -0.2) is 40.9 Å². The Bertz CT molecular complexity index is 879. The number of ketones is 1. The lowest BCUT2D eigenvalue weighted by molar-refractivity contribution is -0.136. The highest BCUT2D eigenvalue weighted by Crippen LogP contribution is 2.47. The zero-order valence-corrected chi connectivity index (χ0v) is 15.9. The molecular formula is C21H23N3O3. The molecule has 0 aliphatic carbocycles. The molecule has 2 amide bonds. The lowest BCUT2D eigenvalue weighted by Crippen LogP contribution is -2.49. The van der Waals surface area contributed by atoms with Gasteiger partial charge in [-0.2, -0.15) is 5.10 Å². The molecule has 0 aromatic heterocycles. The molecular weight excluding hydrogens is 342 g/mol. The van der Waals surface area contributed by atoms with E-state index in [1.807, 2.05) is 45.9 Å². The Labute approximate surface area is 158 Å². The van der Waals surface area contributed by atoms with Crippen molar-refractivity contribution >= 4 is 29.5 Å². The summed E-state index contributed by atoms with van der Waals surface area (Å²) in [5.74, 6) is -1.94. The fraction of sp³-hybridized carbons (Fsp3) is 0.429. The van der Waals surface area contributed by atoms with Crippen molar-refractivity contribution in [3.63, 3.8) is 0 Å². The number of anilines is 1. The highest BCUT2D eigenvalue weighted by Gasteiger charge is 2.64. The second-order valence-corrected chi connectivity index (χ2v) is 8.48. The van der Waals surface area contributed by atoms with Gasteiger partial charge in [-0.1, -0.05) is 44.5 Å². The number of benzene rings is 1. The number of rotatable bonds is 2. The molecule has 3 aliphatic rings. The van der Waals surface area contributed by atoms with Gasteiger partial charge in [-0.05, 0) is 25.1 Å². The molecule has 0 radical (unpaired) electrons. The van der Waals surface area contributed by atoms with Gasteiger partial charge in [0.1, 0.15) is 6.04 Å². The fourth-order valence-corrected chi connectivity index (χ4v) is 4.23. The Morgan fingerprint density at radius 3 is 2.30 bits per heavy atom. The molecule has 0 N–H and O–H groups in total. The first-order valence-electron chi connectivity index (χ1n) is 9.20. The van der Waals surface area contributed by atoms with E-state index in [9.17, 15) is 14.4 Å². The summed E-state index contributed by atoms with van der Waals surface area (Å²) in [6, 6.07) is 6.20. The normalized spacial score (nSPS) is 29.3. The molecule has 0 bridgehead atoms. The number of carbonyl (C=O) groups excluding carboxylic acids is 3. The van der Waals surface area contributed by atoms with Crippen LogP contribution < -0.4 is 4.90 Å². The van der Waals surface area contributed by atoms with Crippen molar-refractivity contribution in [3.8, 4) is 0 Å². The van der Waals surface area contributed by atoms with Gasteiger partial charge in [-0.25, -0.2) is 4.90 Å². The predicted octanol–water partition coefficient (Wildman–Crippen LogP) is 2.32. The molecule has 2 fully saturated rings. The highest BCUT2D eigenvalue weighted by molar-refractivity contribution is 6.24. The van der Waals surface area contributed by atoms with Crippen LogP contribution in [-0.2, 0) is 14.4 Å². The lowest BCUT2D eigenvalue weighted by atomic mass is 9.80. The number of imide groups is 1. The Balaban J connectivity index is 1.79. The summed E-state index contributed by atoms with van der Waals surface area (Å²) in [5.41, 5.74) is 0.970. The number of hydrogen-bond acceptors (Lipinski definition) is 5. The maximum Gasteiger partial charge on any atom is 0.240 e. The summed E-state index contributed by atoms with van der Waals surface area (Å²) in [6.07, 6.45) is 5.24. The van der Waals surface area contributed by atoms with E-state index in [0.29, 0.717) is 5.69 Å². The van der Waals surface area contributed by atoms with Crippen LogP contribution in [0.25, 0.3) is 0 Å². The first-order valence-corrected chi connectivity index (χ1v) is 9.20. The van der Waals surface area contributed by atoms with Crippen LogP contribution in [0.5, 0.6) is 0 Å². The van der Waals surface area contributed by atoms with E-state index in [-0.39, 0.29) is 23.6 Å². The van der Waals surface area contributed by atoms with Gasteiger partial charge >= 0.3 is 0 Å². The van der Waals surface area contributed by atoms with Gasteiger partial charge in [-0.15, -0.1) is 0 Å². The summed E-state index contributed by atoms with van der Waals surface area (Å²) >= 11 is 0. The zero-order chi connectivity index (χ0) is 19.5. The molecule has 140 valence electrons. The molecule has 4 atom stereocenters. The van der Waals surface area contributed by atoms with Gasteiger partial charge in [0.2, 0.25) is 11.8 Å². The molecule has 1 aromatic rings. The minimum Gasteiger partial charge on any atom is -0.297 e. The first-order chi connectivity index (χ1) is 12.7. The topological polar surface area (TPSA) is 70.1 Å². The largest absolute Gasteiger partial charge is 0.297 e. The van der Waals surface area contributed by atoms with E-state index in [1.165, 1.54) is 4.90 Å². The SMILES string of the molecule is Cc1ccc(N2C(=O)[C@@H]3[C@H](C2=O)[C@H](C(=O)C(C)(C)C)N2N=CC=C[C@@H]32)cc1. The molecule has 27 heavy (non-hydrogen) atoms. The Hall–Kier alpha value is -2.76. The summed E-state index contributed by atoms with van der Waals surface area (Å²) in [5, 5.41) is 6.00. The van der Waals surface area contributed by atoms with Crippen molar-refractivity contribution in [2.75, 3.05) is 4.90 Å². The third kappa shape index (κ3) is 2.54. The van der Waals surface area contributed by atoms with Crippen LogP contribution in [0.4, 0.5) is 5.69 Å². The molecule has 6 nitrogen and oxygen atoms in total. The van der Waals surface area contributed by atoms with Crippen molar-refractivity contribution in [1.82, 2.24) is 5.01 Å². The minimum absolute atomic E-state index is 0.0700. The number of hydrazone groups is 1. The third-order valence-corrected chi connectivity index (χ3v) is 5.59. The number of nitrogens with zero attached hydrogens (tertiary/aromatic N) is 3. The van der Waals surface area contributed by atoms with Crippen molar-refractivity contribution in [3.05, 3.63) is 42.0 Å². The molecule has 0 saturated carbocycles. The number of carbonyl (C=O) groups is 3.